The summed E-state index contributed by atoms with van der Waals surface area (Å²) in [6.45, 7) is 2.45. The number of nitrogens with two attached hydrogens (primary N) is 1. The topological polar surface area (TPSA) is 101 Å². The van der Waals surface area contributed by atoms with Crippen molar-refractivity contribution in [3.8, 4) is 0 Å². The summed E-state index contributed by atoms with van der Waals surface area (Å²) in [6.07, 6.45) is 3.97. The fourth-order valence-corrected chi connectivity index (χ4v) is 4.13. The van der Waals surface area contributed by atoms with Crippen LogP contribution in [0.4, 0.5) is 0 Å². The van der Waals surface area contributed by atoms with E-state index in [-0.39, 0.29) is 23.6 Å². The molecule has 6 nitrogen and oxygen atoms in total. The molecule has 4 N–H and O–H groups in total. The molecule has 0 spiro atoms. The van der Waals surface area contributed by atoms with Crippen LogP contribution in [0.2, 0.25) is 0 Å². The van der Waals surface area contributed by atoms with E-state index in [9.17, 15) is 13.2 Å². The Morgan fingerprint density at radius 3 is 2.55 bits per heavy atom. The number of carbonyl (C=O) groups is 1. The van der Waals surface area contributed by atoms with E-state index in [1.807, 2.05) is 0 Å². The zero-order valence-corrected chi connectivity index (χ0v) is 12.8. The predicted molar refractivity (Wildman–Crippen MR) is 77.4 cm³/mol. The third-order valence-electron chi connectivity index (χ3n) is 4.64. The molecule has 2 aliphatic rings. The van der Waals surface area contributed by atoms with Gasteiger partial charge < -0.3 is 11.1 Å². The van der Waals surface area contributed by atoms with Crippen molar-refractivity contribution in [3.63, 3.8) is 0 Å². The van der Waals surface area contributed by atoms with Gasteiger partial charge in [-0.3, -0.25) is 4.79 Å². The molecule has 2 rings (SSSR count). The molecule has 0 radical (unpaired) electrons. The summed E-state index contributed by atoms with van der Waals surface area (Å²) in [7, 11) is -3.13. The molecule has 0 aromatic carbocycles. The predicted octanol–water partition coefficient (Wildman–Crippen LogP) is -0.195. The number of fused-ring (bicyclic) bond motifs is 2. The molecule has 0 aliphatic heterocycles. The summed E-state index contributed by atoms with van der Waals surface area (Å²) >= 11 is 0. The van der Waals surface area contributed by atoms with Crippen LogP contribution < -0.4 is 15.8 Å². The van der Waals surface area contributed by atoms with Gasteiger partial charge in [-0.15, -0.1) is 0 Å². The van der Waals surface area contributed by atoms with E-state index < -0.39 is 10.0 Å². The van der Waals surface area contributed by atoms with Gasteiger partial charge in [0.2, 0.25) is 15.9 Å². The molecular formula is C13H25N3O3S. The van der Waals surface area contributed by atoms with E-state index in [4.69, 9.17) is 5.73 Å². The average Bonchev–Trinajstić information content (AvgIpc) is 2.98. The summed E-state index contributed by atoms with van der Waals surface area (Å²) < 4.78 is 24.9. The van der Waals surface area contributed by atoms with Crippen LogP contribution >= 0.6 is 0 Å². The molecular weight excluding hydrogens is 278 g/mol. The lowest BCUT2D eigenvalue weighted by molar-refractivity contribution is -0.127. The highest BCUT2D eigenvalue weighted by Gasteiger charge is 2.48. The van der Waals surface area contributed by atoms with Crippen LogP contribution in [0, 0.1) is 17.8 Å². The summed E-state index contributed by atoms with van der Waals surface area (Å²) in [5, 5.41) is 2.89. The second-order valence-electron chi connectivity index (χ2n) is 5.88. The smallest absolute Gasteiger partial charge is 0.224 e. The van der Waals surface area contributed by atoms with Crippen molar-refractivity contribution in [2.24, 2.45) is 23.5 Å². The van der Waals surface area contributed by atoms with Gasteiger partial charge in [-0.25, -0.2) is 13.1 Å². The normalized spacial score (nSPS) is 32.5. The van der Waals surface area contributed by atoms with Crippen molar-refractivity contribution in [3.05, 3.63) is 0 Å². The molecule has 0 aromatic heterocycles. The SMILES string of the molecule is CCS(=O)(=O)NCCCNC(=O)C1C2CCC(C2)C1N. The van der Waals surface area contributed by atoms with E-state index in [0.29, 0.717) is 31.3 Å². The van der Waals surface area contributed by atoms with Gasteiger partial charge in [0.25, 0.3) is 0 Å². The van der Waals surface area contributed by atoms with E-state index in [1.54, 1.807) is 6.92 Å². The number of hydrogen-bond acceptors (Lipinski definition) is 4. The Labute approximate surface area is 120 Å². The zero-order valence-electron chi connectivity index (χ0n) is 12.0. The number of rotatable bonds is 7. The Hall–Kier alpha value is -0.660. The quantitative estimate of drug-likeness (QED) is 0.567. The Balaban J connectivity index is 1.66. The Bertz CT molecular complexity index is 450. The average molecular weight is 303 g/mol. The highest BCUT2D eigenvalue weighted by Crippen LogP contribution is 2.47. The number of carbonyl (C=O) groups excluding carboxylic acids is 1. The highest BCUT2D eigenvalue weighted by molar-refractivity contribution is 7.89. The molecule has 116 valence electrons. The monoisotopic (exact) mass is 303 g/mol. The zero-order chi connectivity index (χ0) is 14.8. The molecule has 0 heterocycles. The van der Waals surface area contributed by atoms with Gasteiger partial charge in [-0.1, -0.05) is 0 Å². The standard InChI is InChI=1S/C13H25N3O3S/c1-2-20(18,19)16-7-3-6-15-13(17)11-9-4-5-10(8-9)12(11)14/h9-12,16H,2-8,14H2,1H3,(H,15,17). The van der Waals surface area contributed by atoms with Crippen LogP contribution in [-0.2, 0) is 14.8 Å². The molecule has 0 aromatic rings. The van der Waals surface area contributed by atoms with E-state index in [0.717, 1.165) is 19.3 Å². The van der Waals surface area contributed by atoms with Crippen LogP contribution in [0.1, 0.15) is 32.6 Å². The third-order valence-corrected chi connectivity index (χ3v) is 6.04. The summed E-state index contributed by atoms with van der Waals surface area (Å²) in [5.41, 5.74) is 6.12. The Morgan fingerprint density at radius 2 is 1.95 bits per heavy atom. The maximum atomic E-state index is 12.1. The van der Waals surface area contributed by atoms with Crippen molar-refractivity contribution in [1.29, 1.82) is 0 Å². The molecule has 4 unspecified atom stereocenters. The van der Waals surface area contributed by atoms with E-state index in [1.165, 1.54) is 0 Å². The lowest BCUT2D eigenvalue weighted by Crippen LogP contribution is -2.45. The van der Waals surface area contributed by atoms with Gasteiger partial charge in [0.1, 0.15) is 0 Å². The molecule has 2 fully saturated rings. The Kier molecular flexibility index (Phi) is 5.04. The van der Waals surface area contributed by atoms with Gasteiger partial charge in [0, 0.05) is 19.1 Å². The van der Waals surface area contributed by atoms with Crippen LogP contribution in [0.25, 0.3) is 0 Å². The summed E-state index contributed by atoms with van der Waals surface area (Å²) in [6, 6.07) is 0.00680. The van der Waals surface area contributed by atoms with Gasteiger partial charge in [0.15, 0.2) is 0 Å². The lowest BCUT2D eigenvalue weighted by atomic mass is 9.84. The number of nitrogens with one attached hydrogen (secondary N) is 2. The third kappa shape index (κ3) is 3.51. The van der Waals surface area contributed by atoms with Gasteiger partial charge >= 0.3 is 0 Å². The molecule has 2 bridgehead atoms. The van der Waals surface area contributed by atoms with Gasteiger partial charge in [-0.05, 0) is 44.4 Å². The number of hydrogen-bond donors (Lipinski definition) is 3. The van der Waals surface area contributed by atoms with Crippen molar-refractivity contribution >= 4 is 15.9 Å². The molecule has 4 atom stereocenters. The van der Waals surface area contributed by atoms with Crippen molar-refractivity contribution in [2.45, 2.75) is 38.6 Å². The minimum absolute atomic E-state index is 0.00680. The number of sulfonamides is 1. The van der Waals surface area contributed by atoms with Gasteiger partial charge in [-0.2, -0.15) is 0 Å². The largest absolute Gasteiger partial charge is 0.356 e. The first-order valence-electron chi connectivity index (χ1n) is 7.45. The first-order chi connectivity index (χ1) is 9.44. The van der Waals surface area contributed by atoms with Crippen molar-refractivity contribution in [2.75, 3.05) is 18.8 Å². The van der Waals surface area contributed by atoms with E-state index >= 15 is 0 Å². The van der Waals surface area contributed by atoms with Crippen molar-refractivity contribution < 1.29 is 13.2 Å². The second-order valence-corrected chi connectivity index (χ2v) is 7.97. The number of amides is 1. The van der Waals surface area contributed by atoms with Crippen LogP contribution in [0.15, 0.2) is 0 Å². The molecule has 1 amide bonds. The molecule has 0 saturated heterocycles. The van der Waals surface area contributed by atoms with Crippen LogP contribution in [0.3, 0.4) is 0 Å². The summed E-state index contributed by atoms with van der Waals surface area (Å²) in [5.74, 6) is 1.06. The first kappa shape index (κ1) is 15.7. The Morgan fingerprint density at radius 1 is 1.25 bits per heavy atom. The highest BCUT2D eigenvalue weighted by atomic mass is 32.2. The molecule has 2 aliphatic carbocycles. The molecule has 7 heteroatoms. The summed E-state index contributed by atoms with van der Waals surface area (Å²) in [4.78, 5) is 12.1. The maximum Gasteiger partial charge on any atom is 0.224 e. The maximum absolute atomic E-state index is 12.1. The van der Waals surface area contributed by atoms with Crippen LogP contribution in [0.5, 0.6) is 0 Å². The van der Waals surface area contributed by atoms with E-state index in [2.05, 4.69) is 10.0 Å². The fourth-order valence-electron chi connectivity index (χ4n) is 3.47. The second kappa shape index (κ2) is 6.41. The van der Waals surface area contributed by atoms with Crippen LogP contribution in [-0.4, -0.2) is 39.2 Å². The van der Waals surface area contributed by atoms with Crippen molar-refractivity contribution in [1.82, 2.24) is 10.0 Å². The minimum atomic E-state index is -3.13. The fraction of sp³-hybridized carbons (Fsp3) is 0.923. The first-order valence-corrected chi connectivity index (χ1v) is 9.10. The van der Waals surface area contributed by atoms with Gasteiger partial charge in [0.05, 0.1) is 11.7 Å². The minimum Gasteiger partial charge on any atom is -0.356 e. The molecule has 2 saturated carbocycles. The molecule has 20 heavy (non-hydrogen) atoms. The lowest BCUT2D eigenvalue weighted by Gasteiger charge is -2.27.